The van der Waals surface area contributed by atoms with E-state index in [0.717, 1.165) is 0 Å². The van der Waals surface area contributed by atoms with Crippen LogP contribution < -0.4 is 0 Å². The molecule has 1 aliphatic heterocycles. The molecule has 1 aromatic carbocycles. The molecule has 1 N–H and O–H groups in total. The molecule has 21 heavy (non-hydrogen) atoms. The van der Waals surface area contributed by atoms with Crippen LogP contribution >= 0.6 is 11.8 Å². The van der Waals surface area contributed by atoms with Gasteiger partial charge in [-0.2, -0.15) is 4.98 Å². The van der Waals surface area contributed by atoms with Crippen LogP contribution in [0.25, 0.3) is 0 Å². The Bertz CT molecular complexity index is 602. The number of aliphatic hydroxyl groups excluding tert-OH is 1. The number of hydrogen-bond acceptors (Lipinski definition) is 6. The highest BCUT2D eigenvalue weighted by Gasteiger charge is 2.30. The molecule has 1 aromatic heterocycles. The van der Waals surface area contributed by atoms with Crippen LogP contribution in [0.1, 0.15) is 29.6 Å². The zero-order chi connectivity index (χ0) is 14.7. The topological polar surface area (TPSA) is 68.4 Å². The zero-order valence-corrected chi connectivity index (χ0v) is 12.7. The summed E-state index contributed by atoms with van der Waals surface area (Å²) in [5.74, 6) is 1.57. The molecule has 5 nitrogen and oxygen atoms in total. The lowest BCUT2D eigenvalue weighted by molar-refractivity contribution is -0.0149. The number of nitrogens with zero attached hydrogens (tertiary/aromatic N) is 2. The van der Waals surface area contributed by atoms with Crippen LogP contribution in [0.4, 0.5) is 0 Å². The average Bonchev–Trinajstić information content (AvgIpc) is 2.94. The van der Waals surface area contributed by atoms with E-state index < -0.39 is 6.10 Å². The van der Waals surface area contributed by atoms with E-state index in [2.05, 4.69) is 35.3 Å². The molecule has 0 radical (unpaired) electrons. The third-order valence-corrected chi connectivity index (χ3v) is 4.47. The zero-order valence-electron chi connectivity index (χ0n) is 11.9. The summed E-state index contributed by atoms with van der Waals surface area (Å²) in [4.78, 5) is 5.57. The highest BCUT2D eigenvalue weighted by atomic mass is 32.2. The maximum absolute atomic E-state index is 9.96. The third-order valence-electron chi connectivity index (χ3n) is 3.48. The van der Waals surface area contributed by atoms with Gasteiger partial charge in [0.1, 0.15) is 0 Å². The van der Waals surface area contributed by atoms with Gasteiger partial charge in [0.05, 0.1) is 24.4 Å². The van der Waals surface area contributed by atoms with E-state index in [0.29, 0.717) is 37.1 Å². The molecule has 6 heteroatoms. The van der Waals surface area contributed by atoms with Crippen molar-refractivity contribution < 1.29 is 14.4 Å². The fraction of sp³-hybridized carbons (Fsp3) is 0.467. The summed E-state index contributed by atoms with van der Waals surface area (Å²) in [6.45, 7) is 3.09. The van der Waals surface area contributed by atoms with Gasteiger partial charge in [0.2, 0.25) is 5.89 Å². The number of aromatic nitrogens is 2. The minimum absolute atomic E-state index is 0.205. The molecular weight excluding hydrogens is 288 g/mol. The second-order valence-electron chi connectivity index (χ2n) is 5.19. The molecule has 0 amide bonds. The van der Waals surface area contributed by atoms with Gasteiger partial charge in [0, 0.05) is 11.5 Å². The van der Waals surface area contributed by atoms with Gasteiger partial charge in [-0.3, -0.25) is 0 Å². The smallest absolute Gasteiger partial charge is 0.234 e. The van der Waals surface area contributed by atoms with Crippen molar-refractivity contribution >= 4 is 11.8 Å². The first-order chi connectivity index (χ1) is 10.2. The van der Waals surface area contributed by atoms with Gasteiger partial charge in [-0.25, -0.2) is 0 Å². The van der Waals surface area contributed by atoms with Gasteiger partial charge in [-0.15, -0.1) is 11.8 Å². The fourth-order valence-electron chi connectivity index (χ4n) is 2.29. The Morgan fingerprint density at radius 1 is 1.43 bits per heavy atom. The van der Waals surface area contributed by atoms with Gasteiger partial charge in [-0.1, -0.05) is 22.9 Å². The lowest BCUT2D eigenvalue weighted by Gasteiger charge is -2.24. The summed E-state index contributed by atoms with van der Waals surface area (Å²) in [5, 5.41) is 13.9. The first kappa shape index (κ1) is 14.6. The summed E-state index contributed by atoms with van der Waals surface area (Å²) in [5.41, 5.74) is 1.23. The lowest BCUT2D eigenvalue weighted by Crippen LogP contribution is -2.30. The van der Waals surface area contributed by atoms with E-state index >= 15 is 0 Å². The van der Waals surface area contributed by atoms with Crippen LogP contribution in [0.3, 0.4) is 0 Å². The summed E-state index contributed by atoms with van der Waals surface area (Å²) >= 11 is 1.67. The fourth-order valence-corrected chi connectivity index (χ4v) is 3.15. The molecular formula is C15H18N2O3S. The molecule has 2 heterocycles. The molecule has 2 atom stereocenters. The Kier molecular flexibility index (Phi) is 4.57. The average molecular weight is 306 g/mol. The standard InChI is InChI=1S/C15H18N2O3S/c1-10-3-2-4-11(7-10)21-9-14-16-15(20-17-14)12-8-19-6-5-13(12)18/h2-4,7,12-13,18H,5-6,8-9H2,1H3. The van der Waals surface area contributed by atoms with Crippen LogP contribution in [0.5, 0.6) is 0 Å². The second-order valence-corrected chi connectivity index (χ2v) is 6.24. The first-order valence-electron chi connectivity index (χ1n) is 7.00. The molecule has 0 saturated carbocycles. The van der Waals surface area contributed by atoms with Crippen molar-refractivity contribution in [1.82, 2.24) is 10.1 Å². The normalized spacial score (nSPS) is 22.4. The molecule has 112 valence electrons. The predicted octanol–water partition coefficient (Wildman–Crippen LogP) is 2.54. The molecule has 3 rings (SSSR count). The number of ether oxygens (including phenoxy) is 1. The summed E-state index contributed by atoms with van der Waals surface area (Å²) < 4.78 is 10.6. The van der Waals surface area contributed by atoms with E-state index in [1.807, 2.05) is 6.07 Å². The summed E-state index contributed by atoms with van der Waals surface area (Å²) in [6.07, 6.45) is 0.150. The highest BCUT2D eigenvalue weighted by molar-refractivity contribution is 7.98. The van der Waals surface area contributed by atoms with Crippen molar-refractivity contribution in [2.24, 2.45) is 0 Å². The SMILES string of the molecule is Cc1cccc(SCc2noc(C3COCCC3O)n2)c1. The molecule has 0 spiro atoms. The van der Waals surface area contributed by atoms with Crippen molar-refractivity contribution in [2.45, 2.75) is 36.0 Å². The van der Waals surface area contributed by atoms with Gasteiger partial charge in [-0.05, 0) is 25.5 Å². The Morgan fingerprint density at radius 2 is 2.33 bits per heavy atom. The summed E-state index contributed by atoms with van der Waals surface area (Å²) in [7, 11) is 0. The number of hydrogen-bond donors (Lipinski definition) is 1. The molecule has 1 fully saturated rings. The monoisotopic (exact) mass is 306 g/mol. The number of aryl methyl sites for hydroxylation is 1. The number of thioether (sulfide) groups is 1. The van der Waals surface area contributed by atoms with E-state index in [9.17, 15) is 5.11 Å². The maximum Gasteiger partial charge on any atom is 0.234 e. The van der Waals surface area contributed by atoms with E-state index in [4.69, 9.17) is 9.26 Å². The Morgan fingerprint density at radius 3 is 3.14 bits per heavy atom. The number of aliphatic hydroxyl groups is 1. The maximum atomic E-state index is 9.96. The van der Waals surface area contributed by atoms with Crippen molar-refractivity contribution in [1.29, 1.82) is 0 Å². The minimum Gasteiger partial charge on any atom is -0.392 e. The van der Waals surface area contributed by atoms with E-state index in [1.54, 1.807) is 11.8 Å². The van der Waals surface area contributed by atoms with Gasteiger partial charge in [0.25, 0.3) is 0 Å². The van der Waals surface area contributed by atoms with Crippen LogP contribution in [-0.4, -0.2) is 34.6 Å². The molecule has 1 saturated heterocycles. The first-order valence-corrected chi connectivity index (χ1v) is 7.98. The van der Waals surface area contributed by atoms with Crippen molar-refractivity contribution in [3.05, 3.63) is 41.5 Å². The van der Waals surface area contributed by atoms with E-state index in [1.165, 1.54) is 10.5 Å². The summed E-state index contributed by atoms with van der Waals surface area (Å²) in [6, 6.07) is 8.30. The van der Waals surface area contributed by atoms with Crippen LogP contribution in [-0.2, 0) is 10.5 Å². The van der Waals surface area contributed by atoms with Gasteiger partial charge in [0.15, 0.2) is 5.82 Å². The minimum atomic E-state index is -0.462. The van der Waals surface area contributed by atoms with E-state index in [-0.39, 0.29) is 5.92 Å². The lowest BCUT2D eigenvalue weighted by atomic mass is 9.99. The van der Waals surface area contributed by atoms with Crippen LogP contribution in [0.2, 0.25) is 0 Å². The molecule has 2 unspecified atom stereocenters. The molecule has 2 aromatic rings. The third kappa shape index (κ3) is 3.64. The van der Waals surface area contributed by atoms with Crippen LogP contribution in [0.15, 0.2) is 33.7 Å². The Labute approximate surface area is 127 Å². The Balaban J connectivity index is 1.62. The quantitative estimate of drug-likeness (QED) is 0.876. The number of benzene rings is 1. The largest absolute Gasteiger partial charge is 0.392 e. The van der Waals surface area contributed by atoms with Crippen LogP contribution in [0, 0.1) is 6.92 Å². The molecule has 0 aliphatic carbocycles. The van der Waals surface area contributed by atoms with Gasteiger partial charge < -0.3 is 14.4 Å². The van der Waals surface area contributed by atoms with Crippen molar-refractivity contribution in [3.8, 4) is 0 Å². The second kappa shape index (κ2) is 6.60. The highest BCUT2D eigenvalue weighted by Crippen LogP contribution is 2.26. The van der Waals surface area contributed by atoms with Crippen molar-refractivity contribution in [2.75, 3.05) is 13.2 Å². The van der Waals surface area contributed by atoms with Crippen molar-refractivity contribution in [3.63, 3.8) is 0 Å². The predicted molar refractivity (Wildman–Crippen MR) is 79.2 cm³/mol. The van der Waals surface area contributed by atoms with Gasteiger partial charge >= 0.3 is 0 Å². The molecule has 1 aliphatic rings. The Hall–Kier alpha value is -1.37. The number of rotatable bonds is 4. The molecule has 0 bridgehead atoms.